The van der Waals surface area contributed by atoms with Gasteiger partial charge in [0, 0.05) is 6.20 Å². The minimum Gasteiger partial charge on any atom is -0.384 e. The van der Waals surface area contributed by atoms with Crippen molar-refractivity contribution in [2.75, 3.05) is 0 Å². The zero-order valence-corrected chi connectivity index (χ0v) is 14.6. The van der Waals surface area contributed by atoms with Gasteiger partial charge in [-0.3, -0.25) is 4.79 Å². The second kappa shape index (κ2) is 6.26. The van der Waals surface area contributed by atoms with Crippen LogP contribution in [0.5, 0.6) is 0 Å². The first-order chi connectivity index (χ1) is 11.9. The first kappa shape index (κ1) is 17.1. The lowest BCUT2D eigenvalue weighted by Crippen LogP contribution is -2.23. The predicted octanol–water partition coefficient (Wildman–Crippen LogP) is 1.07. The van der Waals surface area contributed by atoms with Gasteiger partial charge in [-0.05, 0) is 26.0 Å². The standard InChI is InChI=1S/C16H17N5O3S/c1-4-8-20-14(22)10-9-17-15(25-24)19-13(10)21(20)12-7-5-6-11(18-12)16(2,3)23/h4-7,9,17,23H,1,8H2,2-3H3. The first-order valence-corrected chi connectivity index (χ1v) is 8.26. The van der Waals surface area contributed by atoms with E-state index in [1.54, 1.807) is 38.1 Å². The van der Waals surface area contributed by atoms with E-state index in [0.29, 0.717) is 22.5 Å². The molecule has 0 spiro atoms. The first-order valence-electron chi connectivity index (χ1n) is 7.52. The van der Waals surface area contributed by atoms with Gasteiger partial charge in [0.15, 0.2) is 11.5 Å². The summed E-state index contributed by atoms with van der Waals surface area (Å²) in [6, 6.07) is 5.14. The Hall–Kier alpha value is -2.78. The minimum atomic E-state index is -1.14. The molecule has 0 bridgehead atoms. The molecule has 0 aromatic carbocycles. The maximum Gasteiger partial charge on any atom is 0.278 e. The molecule has 0 radical (unpaired) electrons. The number of aromatic amines is 1. The molecule has 2 N–H and O–H groups in total. The van der Waals surface area contributed by atoms with Crippen LogP contribution in [0.25, 0.3) is 16.9 Å². The summed E-state index contributed by atoms with van der Waals surface area (Å²) < 4.78 is 14.2. The molecule has 3 rings (SSSR count). The summed E-state index contributed by atoms with van der Waals surface area (Å²) in [5.74, 6) is 0.411. The quantitative estimate of drug-likeness (QED) is 0.535. The Balaban J connectivity index is 2.42. The number of H-pyrrole nitrogens is 1. The lowest BCUT2D eigenvalue weighted by atomic mass is 10.1. The van der Waals surface area contributed by atoms with Crippen molar-refractivity contribution in [3.63, 3.8) is 0 Å². The van der Waals surface area contributed by atoms with E-state index >= 15 is 0 Å². The molecule has 0 aliphatic carbocycles. The highest BCUT2D eigenvalue weighted by molar-refractivity contribution is 7.56. The summed E-state index contributed by atoms with van der Waals surface area (Å²) in [7, 11) is 0. The van der Waals surface area contributed by atoms with E-state index < -0.39 is 5.60 Å². The highest BCUT2D eigenvalue weighted by Crippen LogP contribution is 2.20. The Morgan fingerprint density at radius 2 is 2.16 bits per heavy atom. The van der Waals surface area contributed by atoms with Gasteiger partial charge in [-0.2, -0.15) is 4.98 Å². The van der Waals surface area contributed by atoms with Crippen LogP contribution in [0.4, 0.5) is 0 Å². The molecule has 0 atom stereocenters. The van der Waals surface area contributed by atoms with Gasteiger partial charge in [0.05, 0.1) is 12.2 Å². The molecular formula is C16H17N5O3S. The van der Waals surface area contributed by atoms with Crippen molar-refractivity contribution in [3.05, 3.63) is 57.9 Å². The third-order valence-electron chi connectivity index (χ3n) is 3.65. The molecule has 3 heterocycles. The number of nitrogens with one attached hydrogen (secondary N) is 1. The van der Waals surface area contributed by atoms with Crippen LogP contribution in [0.3, 0.4) is 0 Å². The number of allylic oxidation sites excluding steroid dienone is 1. The Labute approximate surface area is 146 Å². The molecule has 0 aliphatic rings. The molecule has 25 heavy (non-hydrogen) atoms. The molecule has 0 aliphatic heterocycles. The van der Waals surface area contributed by atoms with Crippen molar-refractivity contribution in [1.82, 2.24) is 24.3 Å². The average Bonchev–Trinajstić information content (AvgIpc) is 2.86. The molecule has 0 unspecified atom stereocenters. The van der Waals surface area contributed by atoms with Gasteiger partial charge >= 0.3 is 0 Å². The normalized spacial score (nSPS) is 11.6. The van der Waals surface area contributed by atoms with Crippen molar-refractivity contribution < 1.29 is 9.32 Å². The van der Waals surface area contributed by atoms with Gasteiger partial charge in [-0.15, -0.1) is 6.58 Å². The van der Waals surface area contributed by atoms with Crippen LogP contribution in [0.1, 0.15) is 19.5 Å². The van der Waals surface area contributed by atoms with Crippen molar-refractivity contribution >= 4 is 22.3 Å². The molecule has 0 amide bonds. The lowest BCUT2D eigenvalue weighted by Gasteiger charge is -2.18. The van der Waals surface area contributed by atoms with E-state index in [9.17, 15) is 14.1 Å². The monoisotopic (exact) mass is 359 g/mol. The largest absolute Gasteiger partial charge is 0.384 e. The zero-order valence-electron chi connectivity index (χ0n) is 13.8. The number of hydrogen-bond donors (Lipinski definition) is 2. The van der Waals surface area contributed by atoms with Gasteiger partial charge in [-0.25, -0.2) is 18.6 Å². The van der Waals surface area contributed by atoms with Crippen LogP contribution in [0.15, 0.2) is 41.8 Å². The Bertz CT molecular complexity index is 1110. The molecular weight excluding hydrogens is 342 g/mol. The SMILES string of the molecule is C=CCn1c(=O)c2c[nH]c(=S=O)nc2n1-c1cccc(C(C)(C)O)n1. The van der Waals surface area contributed by atoms with Crippen LogP contribution in [-0.4, -0.2) is 33.6 Å². The number of pyridine rings is 1. The van der Waals surface area contributed by atoms with Crippen LogP contribution >= 0.6 is 0 Å². The second-order valence-electron chi connectivity index (χ2n) is 5.95. The van der Waals surface area contributed by atoms with E-state index in [1.807, 2.05) is 0 Å². The van der Waals surface area contributed by atoms with E-state index in [1.165, 1.54) is 15.6 Å². The molecule has 3 aromatic heterocycles. The average molecular weight is 359 g/mol. The van der Waals surface area contributed by atoms with Crippen molar-refractivity contribution in [2.24, 2.45) is 0 Å². The second-order valence-corrected chi connectivity index (χ2v) is 6.51. The van der Waals surface area contributed by atoms with Crippen molar-refractivity contribution in [1.29, 1.82) is 0 Å². The summed E-state index contributed by atoms with van der Waals surface area (Å²) in [6.07, 6.45) is 3.05. The summed E-state index contributed by atoms with van der Waals surface area (Å²) in [6.45, 7) is 7.17. The number of aliphatic hydroxyl groups is 1. The molecule has 8 nitrogen and oxygen atoms in total. The topological polar surface area (TPSA) is 106 Å². The highest BCUT2D eigenvalue weighted by atomic mass is 32.1. The van der Waals surface area contributed by atoms with Gasteiger partial charge in [0.2, 0.25) is 4.77 Å². The Morgan fingerprint density at radius 1 is 1.40 bits per heavy atom. The third kappa shape index (κ3) is 2.99. The van der Waals surface area contributed by atoms with Crippen LogP contribution in [0, 0.1) is 4.77 Å². The van der Waals surface area contributed by atoms with E-state index in [2.05, 4.69) is 21.5 Å². The molecule has 0 fully saturated rings. The molecule has 130 valence electrons. The summed E-state index contributed by atoms with van der Waals surface area (Å²) in [5, 5.41) is 10.5. The van der Waals surface area contributed by atoms with Gasteiger partial charge in [-0.1, -0.05) is 12.1 Å². The van der Waals surface area contributed by atoms with Gasteiger partial charge in [0.1, 0.15) is 22.2 Å². The minimum absolute atomic E-state index is 0.135. The van der Waals surface area contributed by atoms with E-state index in [4.69, 9.17) is 0 Å². The van der Waals surface area contributed by atoms with Crippen LogP contribution in [-0.2, 0) is 23.4 Å². The summed E-state index contributed by atoms with van der Waals surface area (Å²) in [5.41, 5.74) is -0.661. The zero-order chi connectivity index (χ0) is 18.2. The predicted molar refractivity (Wildman–Crippen MR) is 94.3 cm³/mol. The fraction of sp³-hybridized carbons (Fsp3) is 0.250. The lowest BCUT2D eigenvalue weighted by molar-refractivity contribution is 0.0738. The number of nitrogens with zero attached hydrogens (tertiary/aromatic N) is 4. The van der Waals surface area contributed by atoms with E-state index in [-0.39, 0.29) is 28.1 Å². The highest BCUT2D eigenvalue weighted by Gasteiger charge is 2.21. The molecule has 3 aromatic rings. The number of aromatic nitrogens is 5. The molecule has 0 saturated carbocycles. The van der Waals surface area contributed by atoms with E-state index in [0.717, 1.165) is 0 Å². The molecule has 0 saturated heterocycles. The Morgan fingerprint density at radius 3 is 2.80 bits per heavy atom. The maximum absolute atomic E-state index is 12.7. The Kier molecular flexibility index (Phi) is 4.27. The fourth-order valence-electron chi connectivity index (χ4n) is 2.49. The fourth-order valence-corrected chi connectivity index (χ4v) is 2.72. The summed E-state index contributed by atoms with van der Waals surface area (Å²) >= 11 is 0.202. The molecule has 9 heteroatoms. The maximum atomic E-state index is 12.7. The number of hydrogen-bond acceptors (Lipinski definition) is 5. The van der Waals surface area contributed by atoms with Crippen molar-refractivity contribution in [3.8, 4) is 5.82 Å². The summed E-state index contributed by atoms with van der Waals surface area (Å²) in [4.78, 5) is 24.1. The van der Waals surface area contributed by atoms with Crippen LogP contribution in [0.2, 0.25) is 0 Å². The smallest absolute Gasteiger partial charge is 0.278 e. The van der Waals surface area contributed by atoms with Gasteiger partial charge in [0.25, 0.3) is 5.56 Å². The van der Waals surface area contributed by atoms with Crippen LogP contribution < -0.4 is 5.56 Å². The number of rotatable bonds is 4. The van der Waals surface area contributed by atoms with Crippen molar-refractivity contribution in [2.45, 2.75) is 26.0 Å². The van der Waals surface area contributed by atoms with Gasteiger partial charge < -0.3 is 10.1 Å². The third-order valence-corrected chi connectivity index (χ3v) is 4.02. The number of fused-ring (bicyclic) bond motifs is 1.